The van der Waals surface area contributed by atoms with E-state index in [4.69, 9.17) is 9.15 Å². The van der Waals surface area contributed by atoms with Crippen LogP contribution >= 0.6 is 0 Å². The first-order chi connectivity index (χ1) is 13.3. The summed E-state index contributed by atoms with van der Waals surface area (Å²) in [5, 5.41) is 11.3. The second-order valence-electron chi connectivity index (χ2n) is 5.96. The van der Waals surface area contributed by atoms with Gasteiger partial charge in [0.15, 0.2) is 0 Å². The number of methoxy groups -OCH3 is 1. The molecule has 2 aromatic heterocycles. The average Bonchev–Trinajstić information content (AvgIpc) is 3.16. The van der Waals surface area contributed by atoms with Crippen LogP contribution in [0.4, 0.5) is 11.7 Å². The number of benzene rings is 2. The fraction of sp³-hybridized carbons (Fsp3) is 0.0952. The summed E-state index contributed by atoms with van der Waals surface area (Å²) in [7, 11) is 1.65. The van der Waals surface area contributed by atoms with Crippen LogP contribution in [-0.2, 0) is 6.42 Å². The predicted molar refractivity (Wildman–Crippen MR) is 103 cm³/mol. The molecule has 0 saturated heterocycles. The maximum absolute atomic E-state index is 5.69. The minimum Gasteiger partial charge on any atom is -0.497 e. The molecule has 0 aliphatic rings. The molecular weight excluding hydrogens is 340 g/mol. The Kier molecular flexibility index (Phi) is 4.78. The maximum Gasteiger partial charge on any atom is 0.320 e. The molecule has 2 heterocycles. The summed E-state index contributed by atoms with van der Waals surface area (Å²) < 4.78 is 10.9. The molecule has 27 heavy (non-hydrogen) atoms. The Morgan fingerprint density at radius 2 is 1.56 bits per heavy atom. The molecule has 2 aromatic carbocycles. The normalized spacial score (nSPS) is 10.6. The van der Waals surface area contributed by atoms with Gasteiger partial charge in [-0.05, 0) is 53.1 Å². The zero-order valence-electron chi connectivity index (χ0n) is 14.8. The van der Waals surface area contributed by atoms with E-state index in [1.54, 1.807) is 19.5 Å². The lowest BCUT2D eigenvalue weighted by Gasteiger charge is -2.04. The lowest BCUT2D eigenvalue weighted by atomic mass is 10.1. The van der Waals surface area contributed by atoms with Crippen molar-refractivity contribution in [2.45, 2.75) is 6.42 Å². The molecule has 0 aliphatic carbocycles. The third kappa shape index (κ3) is 4.12. The molecule has 0 amide bonds. The van der Waals surface area contributed by atoms with Gasteiger partial charge in [0.1, 0.15) is 5.75 Å². The molecule has 0 bridgehead atoms. The Morgan fingerprint density at radius 1 is 0.852 bits per heavy atom. The van der Waals surface area contributed by atoms with Gasteiger partial charge in [0.25, 0.3) is 0 Å². The first kappa shape index (κ1) is 16.8. The highest BCUT2D eigenvalue weighted by Crippen LogP contribution is 2.23. The van der Waals surface area contributed by atoms with Crippen molar-refractivity contribution in [2.24, 2.45) is 0 Å². The van der Waals surface area contributed by atoms with E-state index < -0.39 is 0 Å². The van der Waals surface area contributed by atoms with E-state index in [1.165, 1.54) is 0 Å². The zero-order valence-corrected chi connectivity index (χ0v) is 14.8. The van der Waals surface area contributed by atoms with Crippen molar-refractivity contribution in [1.29, 1.82) is 0 Å². The molecule has 0 unspecified atom stereocenters. The summed E-state index contributed by atoms with van der Waals surface area (Å²) in [4.78, 5) is 4.04. The van der Waals surface area contributed by atoms with E-state index in [0.717, 1.165) is 28.1 Å². The number of nitrogens with one attached hydrogen (secondary N) is 1. The van der Waals surface area contributed by atoms with Gasteiger partial charge in [-0.3, -0.25) is 4.98 Å². The van der Waals surface area contributed by atoms with Crippen LogP contribution in [0, 0.1) is 0 Å². The van der Waals surface area contributed by atoms with E-state index in [1.807, 2.05) is 60.7 Å². The Bertz CT molecular complexity index is 997. The van der Waals surface area contributed by atoms with Crippen molar-refractivity contribution in [3.05, 3.63) is 84.5 Å². The Hall–Kier alpha value is -3.67. The molecule has 0 saturated carbocycles. The largest absolute Gasteiger partial charge is 0.497 e. The second-order valence-corrected chi connectivity index (χ2v) is 5.96. The summed E-state index contributed by atoms with van der Waals surface area (Å²) in [6, 6.07) is 20.1. The van der Waals surface area contributed by atoms with E-state index in [9.17, 15) is 0 Å². The summed E-state index contributed by atoms with van der Waals surface area (Å²) in [5.41, 5.74) is 4.20. The molecule has 0 aliphatic heterocycles. The van der Waals surface area contributed by atoms with Gasteiger partial charge in [0.05, 0.1) is 13.5 Å². The van der Waals surface area contributed by atoms with Crippen LogP contribution in [0.3, 0.4) is 0 Å². The Balaban J connectivity index is 1.41. The highest BCUT2D eigenvalue weighted by atomic mass is 16.5. The van der Waals surface area contributed by atoms with Crippen LogP contribution in [0.15, 0.2) is 77.5 Å². The first-order valence-corrected chi connectivity index (χ1v) is 8.53. The van der Waals surface area contributed by atoms with Gasteiger partial charge in [-0.2, -0.15) is 0 Å². The lowest BCUT2D eigenvalue weighted by molar-refractivity contribution is 0.414. The quantitative estimate of drug-likeness (QED) is 0.548. The number of hydrogen-bond donors (Lipinski definition) is 1. The fourth-order valence-electron chi connectivity index (χ4n) is 2.71. The van der Waals surface area contributed by atoms with Crippen LogP contribution in [0.2, 0.25) is 0 Å². The minimum atomic E-state index is 0.371. The maximum atomic E-state index is 5.69. The monoisotopic (exact) mass is 358 g/mol. The summed E-state index contributed by atoms with van der Waals surface area (Å²) in [5.74, 6) is 1.37. The number of aromatic nitrogens is 3. The van der Waals surface area contributed by atoms with E-state index >= 15 is 0 Å². The average molecular weight is 358 g/mol. The summed E-state index contributed by atoms with van der Waals surface area (Å²) in [6.07, 6.45) is 4.13. The third-order valence-corrected chi connectivity index (χ3v) is 4.13. The number of anilines is 2. The second kappa shape index (κ2) is 7.70. The molecule has 1 N–H and O–H groups in total. The lowest BCUT2D eigenvalue weighted by Crippen LogP contribution is -1.90. The smallest absolute Gasteiger partial charge is 0.320 e. The highest BCUT2D eigenvalue weighted by molar-refractivity contribution is 5.66. The van der Waals surface area contributed by atoms with Gasteiger partial charge in [0.2, 0.25) is 5.89 Å². The van der Waals surface area contributed by atoms with E-state index in [-0.39, 0.29) is 0 Å². The third-order valence-electron chi connectivity index (χ3n) is 4.13. The van der Waals surface area contributed by atoms with Gasteiger partial charge >= 0.3 is 6.01 Å². The fourth-order valence-corrected chi connectivity index (χ4v) is 2.71. The van der Waals surface area contributed by atoms with E-state index in [0.29, 0.717) is 18.3 Å². The Labute approximate surface area is 156 Å². The molecule has 4 aromatic rings. The number of pyridine rings is 1. The first-order valence-electron chi connectivity index (χ1n) is 8.53. The van der Waals surface area contributed by atoms with Crippen LogP contribution in [0.25, 0.3) is 11.1 Å². The summed E-state index contributed by atoms with van der Waals surface area (Å²) in [6.45, 7) is 0. The molecule has 0 fully saturated rings. The number of ether oxygens (including phenoxy) is 1. The standard InChI is InChI=1S/C21H18N4O2/c1-26-19-8-2-15(3-9-19)14-20-24-25-21(27-20)23-18-6-4-16(5-7-18)17-10-12-22-13-11-17/h2-13H,14H2,1H3,(H,23,25). The molecule has 0 spiro atoms. The van der Waals surface area contributed by atoms with Crippen molar-refractivity contribution in [3.63, 3.8) is 0 Å². The number of hydrogen-bond acceptors (Lipinski definition) is 6. The van der Waals surface area contributed by atoms with Crippen LogP contribution in [0.5, 0.6) is 5.75 Å². The van der Waals surface area contributed by atoms with Crippen molar-refractivity contribution in [1.82, 2.24) is 15.2 Å². The molecule has 134 valence electrons. The van der Waals surface area contributed by atoms with E-state index in [2.05, 4.69) is 20.5 Å². The predicted octanol–water partition coefficient (Wildman–Crippen LogP) is 4.47. The van der Waals surface area contributed by atoms with Crippen LogP contribution in [0.1, 0.15) is 11.5 Å². The minimum absolute atomic E-state index is 0.371. The molecule has 6 heteroatoms. The van der Waals surface area contributed by atoms with Crippen molar-refractivity contribution in [3.8, 4) is 16.9 Å². The van der Waals surface area contributed by atoms with Crippen molar-refractivity contribution < 1.29 is 9.15 Å². The molecule has 6 nitrogen and oxygen atoms in total. The van der Waals surface area contributed by atoms with Crippen molar-refractivity contribution >= 4 is 11.7 Å². The highest BCUT2D eigenvalue weighted by Gasteiger charge is 2.08. The van der Waals surface area contributed by atoms with Gasteiger partial charge in [-0.1, -0.05) is 29.4 Å². The van der Waals surface area contributed by atoms with Crippen LogP contribution < -0.4 is 10.1 Å². The zero-order chi connectivity index (χ0) is 18.5. The molecule has 0 atom stereocenters. The number of nitrogens with zero attached hydrogens (tertiary/aromatic N) is 3. The number of rotatable bonds is 6. The van der Waals surface area contributed by atoms with Gasteiger partial charge in [0, 0.05) is 18.1 Å². The van der Waals surface area contributed by atoms with Gasteiger partial charge in [-0.25, -0.2) is 0 Å². The molecular formula is C21H18N4O2. The van der Waals surface area contributed by atoms with Gasteiger partial charge < -0.3 is 14.5 Å². The van der Waals surface area contributed by atoms with Crippen molar-refractivity contribution in [2.75, 3.05) is 12.4 Å². The summed E-state index contributed by atoms with van der Waals surface area (Å²) >= 11 is 0. The Morgan fingerprint density at radius 3 is 2.26 bits per heavy atom. The SMILES string of the molecule is COc1ccc(Cc2nnc(Nc3ccc(-c4ccncc4)cc3)o2)cc1. The molecule has 4 rings (SSSR count). The topological polar surface area (TPSA) is 73.1 Å². The molecule has 0 radical (unpaired) electrons. The van der Waals surface area contributed by atoms with Crippen LogP contribution in [-0.4, -0.2) is 22.3 Å². The van der Waals surface area contributed by atoms with Gasteiger partial charge in [-0.15, -0.1) is 5.10 Å².